The molecule has 218 valence electrons. The minimum atomic E-state index is -1.36. The van der Waals surface area contributed by atoms with Gasteiger partial charge in [-0.25, -0.2) is 19.7 Å². The van der Waals surface area contributed by atoms with E-state index in [1.165, 1.54) is 13.8 Å². The van der Waals surface area contributed by atoms with E-state index in [1.54, 1.807) is 36.8 Å². The van der Waals surface area contributed by atoms with E-state index in [4.69, 9.17) is 24.2 Å². The zero-order chi connectivity index (χ0) is 29.5. The van der Waals surface area contributed by atoms with Crippen LogP contribution in [-0.2, 0) is 4.79 Å². The lowest BCUT2D eigenvalue weighted by Gasteiger charge is -2.33. The molecule has 1 aliphatic heterocycles. The summed E-state index contributed by atoms with van der Waals surface area (Å²) >= 11 is 0. The van der Waals surface area contributed by atoms with E-state index < -0.39 is 11.6 Å². The standard InChI is InChI=1S/C31H34N6O5/c1-4-40-25-13-7-15-33-29(25)41-23-11-8-16-37(20-23)28-19-32-18-27(36-28)35-26-14-6-12-24(34-26)21-9-5-10-22(17-21)42-31(2,3)30(38)39/h5-7,9-10,12-15,17-19,23H,4,8,11,16,20H2,1-3H3,(H,38,39)(H,34,35,36)/t23-/m1/s1. The molecule has 42 heavy (non-hydrogen) atoms. The number of nitrogens with one attached hydrogen (secondary N) is 1. The Labute approximate surface area is 244 Å². The lowest BCUT2D eigenvalue weighted by atomic mass is 10.1. The molecule has 11 heteroatoms. The Hall–Kier alpha value is -4.93. The van der Waals surface area contributed by atoms with Crippen LogP contribution in [0.4, 0.5) is 17.5 Å². The van der Waals surface area contributed by atoms with Crippen LogP contribution < -0.4 is 24.4 Å². The second-order valence-corrected chi connectivity index (χ2v) is 10.3. The fourth-order valence-corrected chi connectivity index (χ4v) is 4.55. The lowest BCUT2D eigenvalue weighted by Crippen LogP contribution is -2.41. The molecule has 1 saturated heterocycles. The van der Waals surface area contributed by atoms with Crippen LogP contribution in [0.1, 0.15) is 33.6 Å². The van der Waals surface area contributed by atoms with Crippen molar-refractivity contribution >= 4 is 23.4 Å². The molecule has 4 aromatic rings. The highest BCUT2D eigenvalue weighted by molar-refractivity contribution is 5.77. The minimum absolute atomic E-state index is 0.0644. The number of rotatable bonds is 11. The van der Waals surface area contributed by atoms with Crippen LogP contribution in [0.25, 0.3) is 11.3 Å². The number of aliphatic carboxylic acids is 1. The summed E-state index contributed by atoms with van der Waals surface area (Å²) in [6.07, 6.45) is 6.88. The Kier molecular flexibility index (Phi) is 8.66. The third-order valence-electron chi connectivity index (χ3n) is 6.66. The Balaban J connectivity index is 1.27. The maximum atomic E-state index is 11.5. The van der Waals surface area contributed by atoms with Gasteiger partial charge in [0.1, 0.15) is 23.5 Å². The molecule has 4 heterocycles. The summed E-state index contributed by atoms with van der Waals surface area (Å²) in [7, 11) is 0. The summed E-state index contributed by atoms with van der Waals surface area (Å²) in [4.78, 5) is 31.9. The molecule has 1 aliphatic rings. The largest absolute Gasteiger partial charge is 0.488 e. The van der Waals surface area contributed by atoms with Crippen molar-refractivity contribution in [2.24, 2.45) is 0 Å². The molecule has 0 radical (unpaired) electrons. The highest BCUT2D eigenvalue weighted by atomic mass is 16.5. The van der Waals surface area contributed by atoms with E-state index in [-0.39, 0.29) is 6.10 Å². The molecule has 1 aromatic carbocycles. The molecule has 0 bridgehead atoms. The second-order valence-electron chi connectivity index (χ2n) is 10.3. The predicted octanol–water partition coefficient (Wildman–Crippen LogP) is 5.37. The van der Waals surface area contributed by atoms with Crippen LogP contribution in [0.15, 0.2) is 73.2 Å². The number of carbonyl (C=O) groups is 1. The molecule has 0 unspecified atom stereocenters. The van der Waals surface area contributed by atoms with Crippen LogP contribution in [0.2, 0.25) is 0 Å². The van der Waals surface area contributed by atoms with Gasteiger partial charge in [-0.15, -0.1) is 0 Å². The summed E-state index contributed by atoms with van der Waals surface area (Å²) in [6, 6.07) is 16.5. The number of nitrogens with zero attached hydrogens (tertiary/aromatic N) is 5. The van der Waals surface area contributed by atoms with E-state index in [0.717, 1.165) is 30.8 Å². The third kappa shape index (κ3) is 7.03. The lowest BCUT2D eigenvalue weighted by molar-refractivity contribution is -0.152. The zero-order valence-electron chi connectivity index (χ0n) is 23.9. The van der Waals surface area contributed by atoms with Gasteiger partial charge in [0.25, 0.3) is 5.88 Å². The number of ether oxygens (including phenoxy) is 3. The van der Waals surface area contributed by atoms with Gasteiger partial charge < -0.3 is 29.5 Å². The van der Waals surface area contributed by atoms with Crippen LogP contribution >= 0.6 is 0 Å². The van der Waals surface area contributed by atoms with Crippen LogP contribution in [0.5, 0.6) is 17.4 Å². The van der Waals surface area contributed by atoms with Gasteiger partial charge in [0.2, 0.25) is 0 Å². The topological polar surface area (TPSA) is 132 Å². The Morgan fingerprint density at radius 2 is 1.95 bits per heavy atom. The van der Waals surface area contributed by atoms with Gasteiger partial charge in [-0.2, -0.15) is 0 Å². The minimum Gasteiger partial charge on any atom is -0.488 e. The van der Waals surface area contributed by atoms with E-state index >= 15 is 0 Å². The van der Waals surface area contributed by atoms with Crippen molar-refractivity contribution in [2.75, 3.05) is 29.9 Å². The maximum Gasteiger partial charge on any atom is 0.347 e. The first kappa shape index (κ1) is 28.6. The summed E-state index contributed by atoms with van der Waals surface area (Å²) < 4.78 is 17.6. The van der Waals surface area contributed by atoms with Gasteiger partial charge in [0, 0.05) is 18.3 Å². The number of hydrogen-bond donors (Lipinski definition) is 2. The smallest absolute Gasteiger partial charge is 0.347 e. The first-order valence-electron chi connectivity index (χ1n) is 13.9. The van der Waals surface area contributed by atoms with Crippen molar-refractivity contribution in [1.82, 2.24) is 19.9 Å². The first-order valence-corrected chi connectivity index (χ1v) is 13.9. The highest BCUT2D eigenvalue weighted by Crippen LogP contribution is 2.29. The van der Waals surface area contributed by atoms with Crippen molar-refractivity contribution in [1.29, 1.82) is 0 Å². The second kappa shape index (κ2) is 12.7. The fraction of sp³-hybridized carbons (Fsp3) is 0.323. The summed E-state index contributed by atoms with van der Waals surface area (Å²) in [5.74, 6) is 2.43. The van der Waals surface area contributed by atoms with Crippen LogP contribution in [0, 0.1) is 0 Å². The van der Waals surface area contributed by atoms with Gasteiger partial charge in [-0.1, -0.05) is 18.2 Å². The molecular weight excluding hydrogens is 536 g/mol. The molecule has 11 nitrogen and oxygen atoms in total. The molecule has 0 amide bonds. The Morgan fingerprint density at radius 1 is 1.10 bits per heavy atom. The first-order chi connectivity index (χ1) is 20.3. The van der Waals surface area contributed by atoms with E-state index in [0.29, 0.717) is 47.9 Å². The van der Waals surface area contributed by atoms with E-state index in [1.807, 2.05) is 43.3 Å². The highest BCUT2D eigenvalue weighted by Gasteiger charge is 2.29. The molecule has 2 N–H and O–H groups in total. The molecule has 0 saturated carbocycles. The van der Waals surface area contributed by atoms with Gasteiger partial charge in [-0.3, -0.25) is 4.98 Å². The monoisotopic (exact) mass is 570 g/mol. The van der Waals surface area contributed by atoms with Crippen molar-refractivity contribution in [2.45, 2.75) is 45.3 Å². The number of piperidine rings is 1. The van der Waals surface area contributed by atoms with Crippen LogP contribution in [0.3, 0.4) is 0 Å². The maximum absolute atomic E-state index is 11.5. The summed E-state index contributed by atoms with van der Waals surface area (Å²) in [6.45, 7) is 6.97. The summed E-state index contributed by atoms with van der Waals surface area (Å²) in [5, 5.41) is 12.7. The number of aromatic nitrogens is 4. The van der Waals surface area contributed by atoms with Gasteiger partial charge in [0.05, 0.1) is 31.2 Å². The fourth-order valence-electron chi connectivity index (χ4n) is 4.55. The van der Waals surface area contributed by atoms with Crippen molar-refractivity contribution in [3.05, 3.63) is 73.2 Å². The molecule has 1 atom stereocenters. The number of pyridine rings is 2. The molecule has 3 aromatic heterocycles. The number of anilines is 3. The van der Waals surface area contributed by atoms with Gasteiger partial charge in [-0.05, 0) is 70.0 Å². The molecule has 0 spiro atoms. The van der Waals surface area contributed by atoms with E-state index in [2.05, 4.69) is 20.2 Å². The average Bonchev–Trinajstić information content (AvgIpc) is 2.99. The average molecular weight is 571 g/mol. The summed E-state index contributed by atoms with van der Waals surface area (Å²) in [5.41, 5.74) is 0.126. The van der Waals surface area contributed by atoms with Gasteiger partial charge >= 0.3 is 5.97 Å². The quantitative estimate of drug-likeness (QED) is 0.241. The normalized spacial score (nSPS) is 15.1. The van der Waals surface area contributed by atoms with Crippen molar-refractivity contribution in [3.8, 4) is 28.6 Å². The number of hydrogen-bond acceptors (Lipinski definition) is 10. The van der Waals surface area contributed by atoms with Crippen LogP contribution in [-0.4, -0.2) is 62.4 Å². The van der Waals surface area contributed by atoms with Gasteiger partial charge in [0.15, 0.2) is 17.2 Å². The Bertz CT molecular complexity index is 1530. The molecular formula is C31H34N6O5. The van der Waals surface area contributed by atoms with Crippen molar-refractivity contribution < 1.29 is 24.1 Å². The van der Waals surface area contributed by atoms with Crippen molar-refractivity contribution in [3.63, 3.8) is 0 Å². The third-order valence-corrected chi connectivity index (χ3v) is 6.66. The number of carboxylic acids is 1. The molecule has 0 aliphatic carbocycles. The number of benzene rings is 1. The SMILES string of the molecule is CCOc1cccnc1O[C@@H]1CCCN(c2cncc(Nc3cccc(-c4cccc(OC(C)(C)C(=O)O)c4)n3)n2)C1. The zero-order valence-corrected chi connectivity index (χ0v) is 23.9. The van der Waals surface area contributed by atoms with E-state index in [9.17, 15) is 9.90 Å². The number of carboxylic acid groups (broad SMARTS) is 1. The Morgan fingerprint density at radius 3 is 2.79 bits per heavy atom. The molecule has 1 fully saturated rings. The molecule has 5 rings (SSSR count). The predicted molar refractivity (Wildman–Crippen MR) is 159 cm³/mol.